The summed E-state index contributed by atoms with van der Waals surface area (Å²) in [5.41, 5.74) is -0.432. The van der Waals surface area contributed by atoms with Gasteiger partial charge in [-0.25, -0.2) is 22.4 Å². The van der Waals surface area contributed by atoms with Crippen molar-refractivity contribution in [2.45, 2.75) is 75.0 Å². The Kier molecular flexibility index (Phi) is 7.00. The molecule has 3 fully saturated rings. The summed E-state index contributed by atoms with van der Waals surface area (Å²) in [6, 6.07) is 9.78. The van der Waals surface area contributed by atoms with Crippen LogP contribution in [0.15, 0.2) is 50.9 Å². The third-order valence-corrected chi connectivity index (χ3v) is 10.4. The van der Waals surface area contributed by atoms with Crippen molar-refractivity contribution in [3.63, 3.8) is 0 Å². The maximum Gasteiger partial charge on any atom is 0.330 e. The van der Waals surface area contributed by atoms with Gasteiger partial charge in [-0.05, 0) is 38.3 Å². The van der Waals surface area contributed by atoms with Gasteiger partial charge in [-0.2, -0.15) is 0 Å². The van der Waals surface area contributed by atoms with Crippen LogP contribution in [0.4, 0.5) is 0 Å². The predicted octanol–water partition coefficient (Wildman–Crippen LogP) is 2.49. The first-order valence-corrected chi connectivity index (χ1v) is 14.7. The smallest absolute Gasteiger partial charge is 0.330 e. The second kappa shape index (κ2) is 9.88. The number of rotatable bonds is 7. The normalized spacial score (nSPS) is 31.1. The van der Waals surface area contributed by atoms with Crippen LogP contribution in [-0.2, 0) is 23.6 Å². The van der Waals surface area contributed by atoms with Gasteiger partial charge < -0.3 is 18.8 Å². The van der Waals surface area contributed by atoms with Crippen molar-refractivity contribution in [2.24, 2.45) is 0 Å². The van der Waals surface area contributed by atoms with Crippen LogP contribution in [0.2, 0.25) is 0 Å². The molecule has 12 heteroatoms. The second-order valence-corrected chi connectivity index (χ2v) is 12.7. The van der Waals surface area contributed by atoms with E-state index in [1.165, 1.54) is 6.07 Å². The Morgan fingerprint density at radius 3 is 2.69 bits per heavy atom. The van der Waals surface area contributed by atoms with Crippen molar-refractivity contribution < 1.29 is 22.2 Å². The molecule has 1 N–H and O–H groups in total. The maximum atomic E-state index is 13.0. The zero-order chi connectivity index (χ0) is 24.7. The first-order chi connectivity index (χ1) is 16.8. The summed E-state index contributed by atoms with van der Waals surface area (Å²) >= 11 is 0. The molecule has 3 aliphatic rings. The average molecular weight is 524 g/mol. The number of nitrogens with one attached hydrogen (secondary N) is 1. The SMILES string of the molecule is CC[C@H]1O[C@H](n2c(=O)cc(C)[nH]c2=O)CC1O[P@@]1O[C@H](CS(=O)(=O)c2ccccc2)[C@@H]2CCCN21. The molecule has 3 saturated heterocycles. The van der Waals surface area contributed by atoms with E-state index in [9.17, 15) is 18.0 Å². The highest BCUT2D eigenvalue weighted by molar-refractivity contribution is 7.91. The highest BCUT2D eigenvalue weighted by Gasteiger charge is 2.50. The van der Waals surface area contributed by atoms with Crippen molar-refractivity contribution in [1.82, 2.24) is 14.2 Å². The molecule has 1 aromatic carbocycles. The van der Waals surface area contributed by atoms with E-state index in [0.29, 0.717) is 18.5 Å². The van der Waals surface area contributed by atoms with Crippen LogP contribution in [0.5, 0.6) is 0 Å². The first-order valence-electron chi connectivity index (χ1n) is 11.9. The highest BCUT2D eigenvalue weighted by Crippen LogP contribution is 2.58. The number of sulfone groups is 1. The van der Waals surface area contributed by atoms with Gasteiger partial charge in [0.15, 0.2) is 9.84 Å². The van der Waals surface area contributed by atoms with Crippen LogP contribution in [0.25, 0.3) is 0 Å². The molecule has 5 rings (SSSR count). The van der Waals surface area contributed by atoms with Gasteiger partial charge in [-0.1, -0.05) is 25.1 Å². The summed E-state index contributed by atoms with van der Waals surface area (Å²) in [6.07, 6.45) is 0.870. The Labute approximate surface area is 205 Å². The Morgan fingerprint density at radius 1 is 1.20 bits per heavy atom. The lowest BCUT2D eigenvalue weighted by Gasteiger charge is -2.25. The van der Waals surface area contributed by atoms with Crippen LogP contribution in [0.3, 0.4) is 0 Å². The highest BCUT2D eigenvalue weighted by atomic mass is 32.2. The molecule has 1 aromatic heterocycles. The summed E-state index contributed by atoms with van der Waals surface area (Å²) in [5, 5.41) is 0. The number of hydrogen-bond acceptors (Lipinski definition) is 8. The molecule has 2 aromatic rings. The van der Waals surface area contributed by atoms with Gasteiger partial charge >= 0.3 is 5.69 Å². The van der Waals surface area contributed by atoms with Gasteiger partial charge in [0.2, 0.25) is 0 Å². The number of benzene rings is 1. The molecule has 10 nitrogen and oxygen atoms in total. The number of hydrogen-bond donors (Lipinski definition) is 1. The van der Waals surface area contributed by atoms with E-state index in [-0.39, 0.29) is 28.9 Å². The molecule has 0 bridgehead atoms. The van der Waals surface area contributed by atoms with Gasteiger partial charge in [0.1, 0.15) is 6.23 Å². The summed E-state index contributed by atoms with van der Waals surface area (Å²) in [5.74, 6) is -0.102. The average Bonchev–Trinajstić information content (AvgIpc) is 3.51. The quantitative estimate of drug-likeness (QED) is 0.550. The zero-order valence-electron chi connectivity index (χ0n) is 19.7. The molecule has 1 unspecified atom stereocenters. The van der Waals surface area contributed by atoms with Crippen molar-refractivity contribution >= 4 is 18.4 Å². The third kappa shape index (κ3) is 4.90. The predicted molar refractivity (Wildman–Crippen MR) is 130 cm³/mol. The fourth-order valence-electron chi connectivity index (χ4n) is 5.11. The molecule has 4 heterocycles. The largest absolute Gasteiger partial charge is 0.352 e. The van der Waals surface area contributed by atoms with Gasteiger partial charge in [0.25, 0.3) is 14.1 Å². The molecule has 0 aliphatic carbocycles. The zero-order valence-corrected chi connectivity index (χ0v) is 21.4. The lowest BCUT2D eigenvalue weighted by molar-refractivity contribution is -0.0202. The Bertz CT molecular complexity index is 1250. The van der Waals surface area contributed by atoms with E-state index >= 15 is 0 Å². The van der Waals surface area contributed by atoms with Crippen LogP contribution in [-0.4, -0.2) is 59.3 Å². The number of fused-ring (bicyclic) bond motifs is 1. The van der Waals surface area contributed by atoms with Crippen LogP contribution < -0.4 is 11.2 Å². The summed E-state index contributed by atoms with van der Waals surface area (Å²) in [7, 11) is -4.99. The molecular formula is C23H30N3O7PS. The minimum absolute atomic E-state index is 0.0136. The summed E-state index contributed by atoms with van der Waals surface area (Å²) < 4.78 is 47.9. The number of aromatic amines is 1. The minimum atomic E-state index is -3.50. The lowest BCUT2D eigenvalue weighted by Crippen LogP contribution is -2.38. The topological polar surface area (TPSA) is 120 Å². The maximum absolute atomic E-state index is 13.0. The van der Waals surface area contributed by atoms with Gasteiger partial charge in [-0.15, -0.1) is 0 Å². The van der Waals surface area contributed by atoms with E-state index in [4.69, 9.17) is 13.8 Å². The van der Waals surface area contributed by atoms with Gasteiger partial charge in [0.05, 0.1) is 29.0 Å². The molecule has 3 aliphatic heterocycles. The Hall–Kier alpha value is -1.88. The fourth-order valence-corrected chi connectivity index (χ4v) is 8.70. The molecule has 35 heavy (non-hydrogen) atoms. The van der Waals surface area contributed by atoms with E-state index in [0.717, 1.165) is 24.0 Å². The molecule has 0 spiro atoms. The number of aryl methyl sites for hydroxylation is 1. The number of ether oxygens (including phenoxy) is 1. The molecule has 6 atom stereocenters. The lowest BCUT2D eigenvalue weighted by atomic mass is 10.1. The Balaban J connectivity index is 1.32. The van der Waals surface area contributed by atoms with Crippen LogP contribution in [0.1, 0.15) is 44.5 Å². The fraction of sp³-hybridized carbons (Fsp3) is 0.565. The summed E-state index contributed by atoms with van der Waals surface area (Å²) in [6.45, 7) is 4.40. The van der Waals surface area contributed by atoms with Crippen LogP contribution in [0, 0.1) is 6.92 Å². The number of nitrogens with zero attached hydrogens (tertiary/aromatic N) is 2. The molecule has 0 radical (unpaired) electrons. The monoisotopic (exact) mass is 523 g/mol. The number of aromatic nitrogens is 2. The van der Waals surface area contributed by atoms with Gasteiger partial charge in [0, 0.05) is 30.8 Å². The van der Waals surface area contributed by atoms with Crippen molar-refractivity contribution in [3.8, 4) is 0 Å². The third-order valence-electron chi connectivity index (χ3n) is 6.82. The van der Waals surface area contributed by atoms with E-state index in [2.05, 4.69) is 9.65 Å². The van der Waals surface area contributed by atoms with E-state index < -0.39 is 41.9 Å². The molecular weight excluding hydrogens is 493 g/mol. The second-order valence-electron chi connectivity index (χ2n) is 9.23. The minimum Gasteiger partial charge on any atom is -0.352 e. The summed E-state index contributed by atoms with van der Waals surface area (Å²) in [4.78, 5) is 27.8. The molecule has 0 saturated carbocycles. The molecule has 0 amide bonds. The van der Waals surface area contributed by atoms with Crippen molar-refractivity contribution in [2.75, 3.05) is 12.3 Å². The van der Waals surface area contributed by atoms with E-state index in [1.54, 1.807) is 37.3 Å². The van der Waals surface area contributed by atoms with Crippen molar-refractivity contribution in [3.05, 3.63) is 62.9 Å². The molecule has 190 valence electrons. The van der Waals surface area contributed by atoms with E-state index in [1.807, 2.05) is 6.92 Å². The van der Waals surface area contributed by atoms with Crippen molar-refractivity contribution in [1.29, 1.82) is 0 Å². The van der Waals surface area contributed by atoms with Crippen LogP contribution >= 0.6 is 8.53 Å². The Morgan fingerprint density at radius 2 is 1.97 bits per heavy atom. The first kappa shape index (κ1) is 24.8. The number of H-pyrrole nitrogens is 1. The standard InChI is InChI=1S/C23H30N3O7PS/c1-3-18-19(13-22(31-18)26-21(27)12-15(2)24-23(26)28)32-34-25-11-7-10-17(25)20(33-34)14-35(29,30)16-8-5-4-6-9-16/h4-6,8-9,12,17-20,22H,3,7,10-11,13-14H2,1-2H3,(H,24,28)/t17-,18+,19?,20+,22-,34-/m0/s1. The van der Waals surface area contributed by atoms with Gasteiger partial charge in [-0.3, -0.25) is 4.79 Å².